The molecule has 5 atom stereocenters. The largest absolute Gasteiger partial charge is 0.459 e. The maximum absolute atomic E-state index is 12.1. The molecular weight excluding hydrogens is 236 g/mol. The molecule has 0 spiro atoms. The summed E-state index contributed by atoms with van der Waals surface area (Å²) in [6.07, 6.45) is 6.17. The van der Waals surface area contributed by atoms with Gasteiger partial charge < -0.3 is 4.74 Å². The molecule has 2 aliphatic carbocycles. The second-order valence-corrected chi connectivity index (χ2v) is 8.44. The molecule has 2 heteroatoms. The van der Waals surface area contributed by atoms with Crippen LogP contribution in [0.1, 0.15) is 66.7 Å². The Kier molecular flexibility index (Phi) is 2.67. The van der Waals surface area contributed by atoms with Crippen molar-refractivity contribution in [3.8, 4) is 0 Å². The molecule has 0 aromatic carbocycles. The molecule has 2 nitrogen and oxygen atoms in total. The maximum atomic E-state index is 12.1. The van der Waals surface area contributed by atoms with Gasteiger partial charge in [0.1, 0.15) is 5.60 Å². The summed E-state index contributed by atoms with van der Waals surface area (Å²) < 4.78 is 5.81. The fraction of sp³-hybridized carbons (Fsp3) is 0.941. The first-order chi connectivity index (χ1) is 8.71. The number of fused-ring (bicyclic) bond motifs is 3. The molecule has 1 aliphatic heterocycles. The van der Waals surface area contributed by atoms with Crippen molar-refractivity contribution in [1.82, 2.24) is 0 Å². The number of hydrogen-bond acceptors (Lipinski definition) is 2. The van der Waals surface area contributed by atoms with Gasteiger partial charge in [-0.1, -0.05) is 34.1 Å². The highest BCUT2D eigenvalue weighted by atomic mass is 16.6. The van der Waals surface area contributed by atoms with Gasteiger partial charge in [-0.3, -0.25) is 4.79 Å². The zero-order chi connectivity index (χ0) is 14.1. The van der Waals surface area contributed by atoms with Gasteiger partial charge in [0.15, 0.2) is 0 Å². The Balaban J connectivity index is 2.05. The summed E-state index contributed by atoms with van der Waals surface area (Å²) in [6.45, 7) is 11.6. The van der Waals surface area contributed by atoms with E-state index in [1.165, 1.54) is 25.7 Å². The Labute approximate surface area is 117 Å². The molecule has 0 N–H and O–H groups in total. The molecule has 0 bridgehead atoms. The van der Waals surface area contributed by atoms with E-state index < -0.39 is 0 Å². The monoisotopic (exact) mass is 264 g/mol. The van der Waals surface area contributed by atoms with Crippen molar-refractivity contribution in [3.05, 3.63) is 0 Å². The van der Waals surface area contributed by atoms with E-state index in [-0.39, 0.29) is 22.9 Å². The molecule has 3 fully saturated rings. The number of carbonyl (C=O) groups excluding carboxylic acids is 1. The topological polar surface area (TPSA) is 26.3 Å². The molecule has 1 unspecified atom stereocenters. The van der Waals surface area contributed by atoms with Crippen LogP contribution >= 0.6 is 0 Å². The molecule has 3 aliphatic rings. The van der Waals surface area contributed by atoms with Crippen LogP contribution in [0.5, 0.6) is 0 Å². The van der Waals surface area contributed by atoms with Gasteiger partial charge in [0.25, 0.3) is 0 Å². The van der Waals surface area contributed by atoms with Crippen LogP contribution in [0.4, 0.5) is 0 Å². The summed E-state index contributed by atoms with van der Waals surface area (Å²) in [7, 11) is 0. The lowest BCUT2D eigenvalue weighted by molar-refractivity contribution is -0.165. The zero-order valence-electron chi connectivity index (χ0n) is 13.1. The van der Waals surface area contributed by atoms with Gasteiger partial charge in [0.05, 0.1) is 5.92 Å². The highest BCUT2D eigenvalue weighted by Crippen LogP contribution is 2.66. The molecule has 108 valence electrons. The van der Waals surface area contributed by atoms with E-state index in [1.807, 2.05) is 0 Å². The lowest BCUT2D eigenvalue weighted by Crippen LogP contribution is -2.57. The van der Waals surface area contributed by atoms with E-state index in [9.17, 15) is 4.79 Å². The molecule has 0 aromatic rings. The number of rotatable bonds is 0. The summed E-state index contributed by atoms with van der Waals surface area (Å²) in [5, 5.41) is 0. The summed E-state index contributed by atoms with van der Waals surface area (Å²) in [4.78, 5) is 12.1. The quantitative estimate of drug-likeness (QED) is 0.613. The van der Waals surface area contributed by atoms with E-state index >= 15 is 0 Å². The lowest BCUT2D eigenvalue weighted by Gasteiger charge is -2.60. The molecule has 3 rings (SSSR count). The Morgan fingerprint density at radius 2 is 1.79 bits per heavy atom. The van der Waals surface area contributed by atoms with Gasteiger partial charge in [-0.25, -0.2) is 0 Å². The first-order valence-corrected chi connectivity index (χ1v) is 7.94. The van der Waals surface area contributed by atoms with Gasteiger partial charge in [-0.05, 0) is 49.4 Å². The van der Waals surface area contributed by atoms with Crippen LogP contribution in [-0.2, 0) is 9.53 Å². The number of esters is 1. The summed E-state index contributed by atoms with van der Waals surface area (Å²) >= 11 is 0. The molecule has 19 heavy (non-hydrogen) atoms. The molecule has 1 heterocycles. The Bertz CT molecular complexity index is 413. The van der Waals surface area contributed by atoms with E-state index in [4.69, 9.17) is 4.74 Å². The van der Waals surface area contributed by atoms with Crippen LogP contribution in [0.25, 0.3) is 0 Å². The predicted octanol–water partition coefficient (Wildman–Crippen LogP) is 4.18. The molecule has 0 aromatic heterocycles. The minimum Gasteiger partial charge on any atom is -0.459 e. The third kappa shape index (κ3) is 1.64. The van der Waals surface area contributed by atoms with Crippen molar-refractivity contribution in [2.75, 3.05) is 0 Å². The first-order valence-electron chi connectivity index (χ1n) is 7.94. The molecule has 0 amide bonds. The Morgan fingerprint density at radius 1 is 1.11 bits per heavy atom. The normalized spacial score (nSPS) is 52.3. The van der Waals surface area contributed by atoms with E-state index in [1.54, 1.807) is 0 Å². The van der Waals surface area contributed by atoms with Crippen molar-refractivity contribution >= 4 is 5.97 Å². The zero-order valence-corrected chi connectivity index (χ0v) is 13.1. The standard InChI is InChI=1S/C17H28O2/c1-11-13-16(4)9-6-8-15(2,3)12(16)7-10-17(13,5)19-14(11)18/h11-13H,6-10H2,1-5H3/t11-,12?,13+,16-,17+/m0/s1. The van der Waals surface area contributed by atoms with Crippen molar-refractivity contribution < 1.29 is 9.53 Å². The SMILES string of the molecule is C[C@@H]1C(=O)O[C@]2(C)CCC3C(C)(C)CCC[C@]3(C)[C@@H]12. The predicted molar refractivity (Wildman–Crippen MR) is 75.6 cm³/mol. The highest BCUT2D eigenvalue weighted by Gasteiger charge is 2.65. The van der Waals surface area contributed by atoms with Crippen molar-refractivity contribution in [2.45, 2.75) is 72.3 Å². The van der Waals surface area contributed by atoms with E-state index in [2.05, 4.69) is 34.6 Å². The van der Waals surface area contributed by atoms with E-state index in [0.717, 1.165) is 12.3 Å². The highest BCUT2D eigenvalue weighted by molar-refractivity contribution is 5.76. The van der Waals surface area contributed by atoms with Crippen LogP contribution < -0.4 is 0 Å². The minimum atomic E-state index is -0.199. The van der Waals surface area contributed by atoms with Crippen molar-refractivity contribution in [3.63, 3.8) is 0 Å². The molecular formula is C17H28O2. The minimum absolute atomic E-state index is 0.0396. The average Bonchev–Trinajstić information content (AvgIpc) is 2.49. The van der Waals surface area contributed by atoms with Gasteiger partial charge >= 0.3 is 5.97 Å². The lowest BCUT2D eigenvalue weighted by atomic mass is 9.44. The summed E-state index contributed by atoms with van der Waals surface area (Å²) in [6, 6.07) is 0. The maximum Gasteiger partial charge on any atom is 0.309 e. The van der Waals surface area contributed by atoms with Crippen LogP contribution in [0, 0.1) is 28.6 Å². The van der Waals surface area contributed by atoms with Crippen LogP contribution in [0.15, 0.2) is 0 Å². The van der Waals surface area contributed by atoms with Crippen molar-refractivity contribution in [2.24, 2.45) is 28.6 Å². The number of carbonyl (C=O) groups is 1. The van der Waals surface area contributed by atoms with Gasteiger partial charge in [0, 0.05) is 5.92 Å². The molecule has 2 saturated carbocycles. The van der Waals surface area contributed by atoms with Crippen molar-refractivity contribution in [1.29, 1.82) is 0 Å². The second kappa shape index (κ2) is 3.77. The van der Waals surface area contributed by atoms with Crippen LogP contribution in [-0.4, -0.2) is 11.6 Å². The van der Waals surface area contributed by atoms with Gasteiger partial charge in [0.2, 0.25) is 0 Å². The number of ether oxygens (including phenoxy) is 1. The average molecular weight is 264 g/mol. The van der Waals surface area contributed by atoms with Gasteiger partial charge in [-0.2, -0.15) is 0 Å². The smallest absolute Gasteiger partial charge is 0.309 e. The Morgan fingerprint density at radius 3 is 2.47 bits per heavy atom. The number of hydrogen-bond donors (Lipinski definition) is 0. The molecule has 0 radical (unpaired) electrons. The van der Waals surface area contributed by atoms with Crippen LogP contribution in [0.3, 0.4) is 0 Å². The summed E-state index contributed by atoms with van der Waals surface area (Å²) in [5.41, 5.74) is 0.495. The Hall–Kier alpha value is -0.530. The van der Waals surface area contributed by atoms with E-state index in [0.29, 0.717) is 11.3 Å². The first kappa shape index (κ1) is 13.5. The fourth-order valence-electron chi connectivity index (χ4n) is 6.22. The third-order valence-corrected chi connectivity index (χ3v) is 6.78. The summed E-state index contributed by atoms with van der Waals surface area (Å²) in [5.74, 6) is 1.26. The third-order valence-electron chi connectivity index (χ3n) is 6.78. The van der Waals surface area contributed by atoms with Gasteiger partial charge in [-0.15, -0.1) is 0 Å². The van der Waals surface area contributed by atoms with Crippen LogP contribution in [0.2, 0.25) is 0 Å². The fourth-order valence-corrected chi connectivity index (χ4v) is 6.22. The second-order valence-electron chi connectivity index (χ2n) is 8.44. The molecule has 1 saturated heterocycles.